The molecule has 0 unspecified atom stereocenters. The average Bonchev–Trinajstić information content (AvgIpc) is 2.67. The number of anilines is 3. The fourth-order valence-corrected chi connectivity index (χ4v) is 2.47. The van der Waals surface area contributed by atoms with E-state index >= 15 is 0 Å². The van der Waals surface area contributed by atoms with Crippen LogP contribution in [0.4, 0.5) is 17.5 Å². The first kappa shape index (κ1) is 16.4. The van der Waals surface area contributed by atoms with Crippen LogP contribution in [0.25, 0.3) is 0 Å². The second-order valence-electron chi connectivity index (χ2n) is 5.42. The van der Waals surface area contributed by atoms with Crippen molar-refractivity contribution in [1.29, 1.82) is 5.26 Å². The smallest absolute Gasteiger partial charge is 0.249 e. The van der Waals surface area contributed by atoms with Gasteiger partial charge in [-0.3, -0.25) is 0 Å². The molecule has 0 amide bonds. The van der Waals surface area contributed by atoms with Crippen molar-refractivity contribution in [1.82, 2.24) is 15.2 Å². The van der Waals surface area contributed by atoms with E-state index in [9.17, 15) is 5.26 Å². The molecule has 3 rings (SSSR count). The van der Waals surface area contributed by atoms with Gasteiger partial charge in [0.1, 0.15) is 6.07 Å². The van der Waals surface area contributed by atoms with Crippen molar-refractivity contribution in [3.05, 3.63) is 71.9 Å². The van der Waals surface area contributed by atoms with Gasteiger partial charge in [0.25, 0.3) is 0 Å². The molecule has 124 valence electrons. The highest BCUT2D eigenvalue weighted by atomic mass is 15.3. The summed E-state index contributed by atoms with van der Waals surface area (Å²) in [6.07, 6.45) is 1.65. The van der Waals surface area contributed by atoms with E-state index in [0.717, 1.165) is 18.9 Å². The number of hydrogen-bond acceptors (Lipinski definition) is 6. The summed E-state index contributed by atoms with van der Waals surface area (Å²) in [5, 5.41) is 20.3. The Morgan fingerprint density at radius 1 is 1.08 bits per heavy atom. The van der Waals surface area contributed by atoms with Crippen LogP contribution in [0, 0.1) is 11.3 Å². The van der Waals surface area contributed by atoms with Gasteiger partial charge in [0.2, 0.25) is 5.95 Å². The van der Waals surface area contributed by atoms with Crippen LogP contribution < -0.4 is 10.2 Å². The predicted molar refractivity (Wildman–Crippen MR) is 97.4 cm³/mol. The van der Waals surface area contributed by atoms with Gasteiger partial charge in [0.05, 0.1) is 17.4 Å². The highest BCUT2D eigenvalue weighted by Crippen LogP contribution is 2.19. The third-order valence-corrected chi connectivity index (χ3v) is 3.76. The summed E-state index contributed by atoms with van der Waals surface area (Å²) in [7, 11) is 0. The van der Waals surface area contributed by atoms with Gasteiger partial charge < -0.3 is 10.2 Å². The van der Waals surface area contributed by atoms with Crippen LogP contribution in [0.15, 0.2) is 60.8 Å². The van der Waals surface area contributed by atoms with Crippen LogP contribution in [0.3, 0.4) is 0 Å². The minimum Gasteiger partial charge on any atom is -0.351 e. The SMILES string of the molecule is CCN(Cc1ccccc1)c1cnnc(Nc2ccccc2C#N)n1. The Kier molecular flexibility index (Phi) is 5.17. The van der Waals surface area contributed by atoms with Crippen molar-refractivity contribution in [3.63, 3.8) is 0 Å². The third-order valence-electron chi connectivity index (χ3n) is 3.76. The highest BCUT2D eigenvalue weighted by Gasteiger charge is 2.10. The Hall–Kier alpha value is -3.46. The lowest BCUT2D eigenvalue weighted by Gasteiger charge is -2.21. The highest BCUT2D eigenvalue weighted by molar-refractivity contribution is 5.63. The molecule has 0 fully saturated rings. The maximum atomic E-state index is 9.19. The molecule has 1 N–H and O–H groups in total. The molecule has 25 heavy (non-hydrogen) atoms. The van der Waals surface area contributed by atoms with Gasteiger partial charge in [-0.25, -0.2) is 0 Å². The molecule has 0 radical (unpaired) electrons. The number of nitrogens with zero attached hydrogens (tertiary/aromatic N) is 5. The van der Waals surface area contributed by atoms with E-state index in [1.165, 1.54) is 5.56 Å². The molecule has 0 saturated carbocycles. The van der Waals surface area contributed by atoms with Crippen LogP contribution in [0.2, 0.25) is 0 Å². The third kappa shape index (κ3) is 4.09. The van der Waals surface area contributed by atoms with Gasteiger partial charge in [0.15, 0.2) is 5.82 Å². The van der Waals surface area contributed by atoms with Crippen molar-refractivity contribution < 1.29 is 0 Å². The fourth-order valence-electron chi connectivity index (χ4n) is 2.47. The summed E-state index contributed by atoms with van der Waals surface area (Å²) >= 11 is 0. The lowest BCUT2D eigenvalue weighted by molar-refractivity contribution is 0.798. The number of hydrogen-bond donors (Lipinski definition) is 1. The normalized spacial score (nSPS) is 10.1. The van der Waals surface area contributed by atoms with E-state index in [-0.39, 0.29) is 0 Å². The van der Waals surface area contributed by atoms with Crippen LogP contribution in [0.1, 0.15) is 18.1 Å². The maximum Gasteiger partial charge on any atom is 0.249 e. The lowest BCUT2D eigenvalue weighted by atomic mass is 10.2. The summed E-state index contributed by atoms with van der Waals surface area (Å²) in [6, 6.07) is 19.6. The Labute approximate surface area is 146 Å². The van der Waals surface area contributed by atoms with Crippen molar-refractivity contribution in [2.24, 2.45) is 0 Å². The Balaban J connectivity index is 1.81. The molecule has 3 aromatic rings. The number of para-hydroxylation sites is 1. The van der Waals surface area contributed by atoms with E-state index < -0.39 is 0 Å². The number of nitrogens with one attached hydrogen (secondary N) is 1. The second-order valence-corrected chi connectivity index (χ2v) is 5.42. The first-order valence-corrected chi connectivity index (χ1v) is 8.05. The molecule has 0 aliphatic carbocycles. The molecule has 2 aromatic carbocycles. The van der Waals surface area contributed by atoms with E-state index in [0.29, 0.717) is 17.2 Å². The van der Waals surface area contributed by atoms with E-state index in [4.69, 9.17) is 0 Å². The summed E-state index contributed by atoms with van der Waals surface area (Å²) < 4.78 is 0. The quantitative estimate of drug-likeness (QED) is 0.745. The standard InChI is InChI=1S/C19H18N6/c1-2-25(14-15-8-4-3-5-9-15)18-13-21-24-19(23-18)22-17-11-7-6-10-16(17)12-20/h3-11,13H,2,14H2,1H3,(H,22,23,24). The van der Waals surface area contributed by atoms with Crippen molar-refractivity contribution in [3.8, 4) is 6.07 Å². The maximum absolute atomic E-state index is 9.19. The molecule has 0 aliphatic heterocycles. The fraction of sp³-hybridized carbons (Fsp3) is 0.158. The Morgan fingerprint density at radius 3 is 2.60 bits per heavy atom. The Bertz CT molecular complexity index is 872. The average molecular weight is 330 g/mol. The van der Waals surface area contributed by atoms with Crippen LogP contribution in [-0.4, -0.2) is 21.7 Å². The van der Waals surface area contributed by atoms with Crippen molar-refractivity contribution in [2.75, 3.05) is 16.8 Å². The minimum atomic E-state index is 0.367. The van der Waals surface area contributed by atoms with Crippen molar-refractivity contribution >= 4 is 17.5 Å². The zero-order chi connectivity index (χ0) is 17.5. The molecular formula is C19H18N6. The zero-order valence-electron chi connectivity index (χ0n) is 13.9. The first-order valence-electron chi connectivity index (χ1n) is 8.05. The van der Waals surface area contributed by atoms with Crippen LogP contribution >= 0.6 is 0 Å². The minimum absolute atomic E-state index is 0.367. The molecule has 0 saturated heterocycles. The van der Waals surface area contributed by atoms with E-state index in [1.807, 2.05) is 36.4 Å². The number of rotatable bonds is 6. The number of aromatic nitrogens is 3. The molecular weight excluding hydrogens is 312 g/mol. The Morgan fingerprint density at radius 2 is 1.84 bits per heavy atom. The molecule has 0 atom stereocenters. The van der Waals surface area contributed by atoms with Gasteiger partial charge in [-0.1, -0.05) is 42.5 Å². The molecule has 0 aliphatic rings. The monoisotopic (exact) mass is 330 g/mol. The van der Waals surface area contributed by atoms with E-state index in [1.54, 1.807) is 12.3 Å². The van der Waals surface area contributed by atoms with Crippen molar-refractivity contribution in [2.45, 2.75) is 13.5 Å². The lowest BCUT2D eigenvalue weighted by Crippen LogP contribution is -2.23. The zero-order valence-corrected chi connectivity index (χ0v) is 13.9. The summed E-state index contributed by atoms with van der Waals surface area (Å²) in [6.45, 7) is 3.61. The van der Waals surface area contributed by atoms with Gasteiger partial charge in [-0.2, -0.15) is 15.3 Å². The largest absolute Gasteiger partial charge is 0.351 e. The molecule has 0 bridgehead atoms. The number of nitriles is 1. The summed E-state index contributed by atoms with van der Waals surface area (Å²) in [5.74, 6) is 1.10. The summed E-state index contributed by atoms with van der Waals surface area (Å²) in [4.78, 5) is 6.66. The molecule has 6 nitrogen and oxygen atoms in total. The van der Waals surface area contributed by atoms with Gasteiger partial charge in [-0.05, 0) is 24.6 Å². The topological polar surface area (TPSA) is 77.7 Å². The van der Waals surface area contributed by atoms with Gasteiger partial charge in [0, 0.05) is 13.1 Å². The molecule has 0 spiro atoms. The van der Waals surface area contributed by atoms with E-state index in [2.05, 4.69) is 50.5 Å². The van der Waals surface area contributed by atoms with Crippen LogP contribution in [-0.2, 0) is 6.54 Å². The molecule has 1 aromatic heterocycles. The summed E-state index contributed by atoms with van der Waals surface area (Å²) in [5.41, 5.74) is 2.40. The predicted octanol–water partition coefficient (Wildman–Crippen LogP) is 3.51. The van der Waals surface area contributed by atoms with Gasteiger partial charge >= 0.3 is 0 Å². The molecule has 1 heterocycles. The number of benzene rings is 2. The molecule has 6 heteroatoms. The first-order chi connectivity index (χ1) is 12.3. The second kappa shape index (κ2) is 7.88. The van der Waals surface area contributed by atoms with Gasteiger partial charge in [-0.15, -0.1) is 5.10 Å². The van der Waals surface area contributed by atoms with Crippen LogP contribution in [0.5, 0.6) is 0 Å².